The molecule has 0 aliphatic carbocycles. The van der Waals surface area contributed by atoms with Gasteiger partial charge in [-0.05, 0) is 48.0 Å². The van der Waals surface area contributed by atoms with Gasteiger partial charge in [0.25, 0.3) is 11.8 Å². The molecule has 7 heteroatoms. The zero-order valence-corrected chi connectivity index (χ0v) is 17.9. The number of imide groups is 1. The first-order chi connectivity index (χ1) is 16.1. The molecule has 2 aromatic heterocycles. The Morgan fingerprint density at radius 3 is 2.48 bits per heavy atom. The summed E-state index contributed by atoms with van der Waals surface area (Å²) < 4.78 is 5.21. The second kappa shape index (κ2) is 8.63. The highest BCUT2D eigenvalue weighted by Gasteiger charge is 2.30. The lowest BCUT2D eigenvalue weighted by Gasteiger charge is -2.23. The van der Waals surface area contributed by atoms with Crippen LogP contribution >= 0.6 is 0 Å². The second-order valence-corrected chi connectivity index (χ2v) is 7.59. The summed E-state index contributed by atoms with van der Waals surface area (Å²) in [5, 5.41) is 6.13. The maximum Gasteiger partial charge on any atom is 0.283 e. The van der Waals surface area contributed by atoms with E-state index in [1.165, 1.54) is 0 Å². The molecule has 7 nitrogen and oxygen atoms in total. The number of hydrogen-bond acceptors (Lipinski definition) is 6. The average Bonchev–Trinajstić information content (AvgIpc) is 2.88. The number of hydrogen-bond donors (Lipinski definition) is 0. The molecule has 0 saturated heterocycles. The van der Waals surface area contributed by atoms with Crippen LogP contribution in [0.4, 0.5) is 0 Å². The first kappa shape index (κ1) is 20.5. The minimum absolute atomic E-state index is 0.194. The summed E-state index contributed by atoms with van der Waals surface area (Å²) in [6.07, 6.45) is 2.31. The summed E-state index contributed by atoms with van der Waals surface area (Å²) in [6.45, 7) is 0. The number of carbonyl (C=O) groups excluding carboxylic acids is 2. The van der Waals surface area contributed by atoms with E-state index in [2.05, 4.69) is 15.1 Å². The number of pyridine rings is 2. The molecule has 0 radical (unpaired) electrons. The molecule has 2 amide bonds. The van der Waals surface area contributed by atoms with Crippen LogP contribution in [0, 0.1) is 0 Å². The number of ether oxygens (including phenoxy) is 1. The van der Waals surface area contributed by atoms with Gasteiger partial charge in [-0.3, -0.25) is 9.59 Å². The van der Waals surface area contributed by atoms with Crippen LogP contribution in [-0.2, 0) is 4.79 Å². The third kappa shape index (κ3) is 3.96. The molecule has 5 rings (SSSR count). The molecule has 162 valence electrons. The highest BCUT2D eigenvalue weighted by Crippen LogP contribution is 2.28. The average molecular weight is 436 g/mol. The van der Waals surface area contributed by atoms with Crippen LogP contribution in [0.3, 0.4) is 0 Å². The van der Waals surface area contributed by atoms with Gasteiger partial charge in [-0.2, -0.15) is 10.1 Å². The fraction of sp³-hybridized carbons (Fsp3) is 0.115. The molecule has 33 heavy (non-hydrogen) atoms. The van der Waals surface area contributed by atoms with Gasteiger partial charge in [0.05, 0.1) is 24.1 Å². The van der Waals surface area contributed by atoms with Crippen molar-refractivity contribution in [3.05, 3.63) is 90.1 Å². The van der Waals surface area contributed by atoms with Crippen LogP contribution in [0.15, 0.2) is 84.1 Å². The molecular formula is C26H20N4O3. The van der Waals surface area contributed by atoms with Crippen LogP contribution in [-0.4, -0.2) is 39.6 Å². The number of benzene rings is 2. The topological polar surface area (TPSA) is 84.8 Å². The summed E-state index contributed by atoms with van der Waals surface area (Å²) in [6, 6.07) is 22.1. The SMILES string of the molecule is COc1ccc(C2=NN(C(=O)c3cc4cccnc4nc3-c3ccccc3)C(=O)CC2)cc1. The molecule has 0 atom stereocenters. The number of aromatic nitrogens is 2. The predicted octanol–water partition coefficient (Wildman–Crippen LogP) is 4.47. The highest BCUT2D eigenvalue weighted by molar-refractivity contribution is 6.13. The Kier molecular flexibility index (Phi) is 5.36. The zero-order chi connectivity index (χ0) is 22.8. The Hall–Kier alpha value is -4.39. The number of methoxy groups -OCH3 is 1. The molecule has 4 aromatic rings. The molecule has 0 bridgehead atoms. The van der Waals surface area contributed by atoms with Crippen molar-refractivity contribution in [3.63, 3.8) is 0 Å². The standard InChI is InChI=1S/C26H20N4O3/c1-33-20-11-9-17(10-12-20)22-13-14-23(31)30(29-22)26(32)21-16-19-8-5-15-27-25(19)28-24(21)18-6-3-2-4-7-18/h2-12,15-16H,13-14H2,1H3. The highest BCUT2D eigenvalue weighted by atomic mass is 16.5. The molecule has 0 spiro atoms. The summed E-state index contributed by atoms with van der Waals surface area (Å²) in [4.78, 5) is 35.4. The number of rotatable bonds is 4. The van der Waals surface area contributed by atoms with Gasteiger partial charge in [-0.15, -0.1) is 0 Å². The quantitative estimate of drug-likeness (QED) is 0.441. The van der Waals surface area contributed by atoms with Crippen molar-refractivity contribution in [1.29, 1.82) is 0 Å². The molecule has 0 saturated carbocycles. The third-order valence-corrected chi connectivity index (χ3v) is 5.52. The summed E-state index contributed by atoms with van der Waals surface area (Å²) in [5.41, 5.74) is 3.56. The van der Waals surface area contributed by atoms with Crippen molar-refractivity contribution in [1.82, 2.24) is 15.0 Å². The van der Waals surface area contributed by atoms with E-state index >= 15 is 0 Å². The van der Waals surface area contributed by atoms with E-state index in [1.807, 2.05) is 60.7 Å². The Balaban J connectivity index is 1.60. The van der Waals surface area contributed by atoms with Crippen LogP contribution in [0.5, 0.6) is 5.75 Å². The van der Waals surface area contributed by atoms with Gasteiger partial charge in [0.15, 0.2) is 5.65 Å². The first-order valence-corrected chi connectivity index (χ1v) is 10.5. The molecule has 0 N–H and O–H groups in total. The van der Waals surface area contributed by atoms with Gasteiger partial charge in [0.2, 0.25) is 0 Å². The smallest absolute Gasteiger partial charge is 0.283 e. The van der Waals surface area contributed by atoms with E-state index in [9.17, 15) is 9.59 Å². The lowest BCUT2D eigenvalue weighted by atomic mass is 10.0. The Labute approximate surface area is 190 Å². The van der Waals surface area contributed by atoms with Gasteiger partial charge in [0.1, 0.15) is 5.75 Å². The van der Waals surface area contributed by atoms with Crippen molar-refractivity contribution in [2.45, 2.75) is 12.8 Å². The van der Waals surface area contributed by atoms with Crippen molar-refractivity contribution in [2.24, 2.45) is 5.10 Å². The molecule has 3 heterocycles. The van der Waals surface area contributed by atoms with E-state index in [4.69, 9.17) is 4.74 Å². The van der Waals surface area contributed by atoms with Gasteiger partial charge >= 0.3 is 0 Å². The van der Waals surface area contributed by atoms with Crippen molar-refractivity contribution in [3.8, 4) is 17.0 Å². The maximum atomic E-state index is 13.6. The van der Waals surface area contributed by atoms with Gasteiger partial charge in [-0.25, -0.2) is 9.97 Å². The molecule has 1 aliphatic rings. The predicted molar refractivity (Wildman–Crippen MR) is 125 cm³/mol. The van der Waals surface area contributed by atoms with Crippen molar-refractivity contribution < 1.29 is 14.3 Å². The number of hydrazone groups is 1. The Morgan fingerprint density at radius 2 is 1.73 bits per heavy atom. The second-order valence-electron chi connectivity index (χ2n) is 7.59. The largest absolute Gasteiger partial charge is 0.497 e. The van der Waals surface area contributed by atoms with E-state index < -0.39 is 5.91 Å². The molecule has 0 fully saturated rings. The Morgan fingerprint density at radius 1 is 0.939 bits per heavy atom. The lowest BCUT2D eigenvalue weighted by Crippen LogP contribution is -2.37. The van der Waals surface area contributed by atoms with E-state index in [1.54, 1.807) is 25.4 Å². The monoisotopic (exact) mass is 436 g/mol. The van der Waals surface area contributed by atoms with Gasteiger partial charge in [-0.1, -0.05) is 30.3 Å². The van der Waals surface area contributed by atoms with Gasteiger partial charge < -0.3 is 4.74 Å². The zero-order valence-electron chi connectivity index (χ0n) is 17.9. The fourth-order valence-corrected chi connectivity index (χ4v) is 3.80. The molecule has 1 aliphatic heterocycles. The maximum absolute atomic E-state index is 13.6. The number of fused-ring (bicyclic) bond motifs is 1. The lowest BCUT2D eigenvalue weighted by molar-refractivity contribution is -0.129. The van der Waals surface area contributed by atoms with Gasteiger partial charge in [0, 0.05) is 30.0 Å². The fourth-order valence-electron chi connectivity index (χ4n) is 3.80. The van der Waals surface area contributed by atoms with Crippen LogP contribution in [0.1, 0.15) is 28.8 Å². The van der Waals surface area contributed by atoms with E-state index in [-0.39, 0.29) is 12.3 Å². The Bertz CT molecular complexity index is 1380. The summed E-state index contributed by atoms with van der Waals surface area (Å²) in [7, 11) is 1.60. The third-order valence-electron chi connectivity index (χ3n) is 5.52. The van der Waals surface area contributed by atoms with E-state index in [0.717, 1.165) is 21.9 Å². The number of amides is 2. The van der Waals surface area contributed by atoms with E-state index in [0.29, 0.717) is 34.4 Å². The van der Waals surface area contributed by atoms with Crippen molar-refractivity contribution >= 4 is 28.6 Å². The minimum Gasteiger partial charge on any atom is -0.497 e. The van der Waals surface area contributed by atoms with Crippen LogP contribution in [0.2, 0.25) is 0 Å². The van der Waals surface area contributed by atoms with Crippen molar-refractivity contribution in [2.75, 3.05) is 7.11 Å². The number of carbonyl (C=O) groups is 2. The molecule has 2 aromatic carbocycles. The normalized spacial score (nSPS) is 13.7. The number of nitrogens with zero attached hydrogens (tertiary/aromatic N) is 4. The van der Waals surface area contributed by atoms with Crippen LogP contribution in [0.25, 0.3) is 22.3 Å². The molecular weight excluding hydrogens is 416 g/mol. The first-order valence-electron chi connectivity index (χ1n) is 10.5. The molecule has 0 unspecified atom stereocenters. The summed E-state index contributed by atoms with van der Waals surface area (Å²) >= 11 is 0. The van der Waals surface area contributed by atoms with Crippen LogP contribution < -0.4 is 4.74 Å². The minimum atomic E-state index is -0.511. The summed E-state index contributed by atoms with van der Waals surface area (Å²) in [5.74, 6) is -0.132.